The van der Waals surface area contributed by atoms with Crippen molar-refractivity contribution in [3.8, 4) is 0 Å². The Labute approximate surface area is 94.0 Å². The monoisotopic (exact) mass is 209 g/mol. The summed E-state index contributed by atoms with van der Waals surface area (Å²) in [4.78, 5) is 0. The molecule has 0 aromatic rings. The highest BCUT2D eigenvalue weighted by Gasteiger charge is 2.64. The predicted molar refractivity (Wildman–Crippen MR) is 61.5 cm³/mol. The summed E-state index contributed by atoms with van der Waals surface area (Å²) in [7, 11) is 1.56. The Hall–Kier alpha value is -0.0151. The summed E-state index contributed by atoms with van der Waals surface area (Å²) in [5.41, 5.74) is 0.467. The lowest BCUT2D eigenvalue weighted by Crippen LogP contribution is -2.63. The molecule has 4 aliphatic rings. The average molecular weight is 209 g/mol. The van der Waals surface area contributed by atoms with Gasteiger partial charge in [0, 0.05) is 0 Å². The summed E-state index contributed by atoms with van der Waals surface area (Å²) in [5.74, 6) is 1.55. The SMILES string of the molecule is CC.CC1(C)C2CC1[C@H]1O[B]O[C@@]1(C)C2. The summed E-state index contributed by atoms with van der Waals surface area (Å²) in [6, 6.07) is 0. The van der Waals surface area contributed by atoms with Crippen molar-refractivity contribution in [1.82, 2.24) is 0 Å². The van der Waals surface area contributed by atoms with Crippen LogP contribution in [0.3, 0.4) is 0 Å². The minimum atomic E-state index is -0.0108. The van der Waals surface area contributed by atoms with Crippen LogP contribution in [0.1, 0.15) is 47.5 Å². The average Bonchev–Trinajstić information content (AvgIpc) is 2.61. The Kier molecular flexibility index (Phi) is 2.67. The van der Waals surface area contributed by atoms with Crippen LogP contribution in [0, 0.1) is 17.3 Å². The van der Waals surface area contributed by atoms with Gasteiger partial charge in [-0.3, -0.25) is 0 Å². The van der Waals surface area contributed by atoms with Gasteiger partial charge >= 0.3 is 7.69 Å². The highest BCUT2D eigenvalue weighted by Crippen LogP contribution is 2.64. The smallest absolute Gasteiger partial charge is 0.407 e. The molecule has 2 bridgehead atoms. The van der Waals surface area contributed by atoms with Crippen molar-refractivity contribution in [3.05, 3.63) is 0 Å². The first-order valence-corrected chi connectivity index (χ1v) is 6.19. The molecule has 2 unspecified atom stereocenters. The molecular weight excluding hydrogens is 187 g/mol. The molecular formula is C12H22BO2. The Morgan fingerprint density at radius 2 is 1.87 bits per heavy atom. The molecule has 1 saturated heterocycles. The summed E-state index contributed by atoms with van der Waals surface area (Å²) in [5, 5.41) is 0. The highest BCUT2D eigenvalue weighted by atomic mass is 16.6. The number of rotatable bonds is 0. The fraction of sp³-hybridized carbons (Fsp3) is 1.00. The van der Waals surface area contributed by atoms with Crippen molar-refractivity contribution in [1.29, 1.82) is 0 Å². The fourth-order valence-corrected chi connectivity index (χ4v) is 3.50. The second-order valence-electron chi connectivity index (χ2n) is 5.65. The van der Waals surface area contributed by atoms with Crippen molar-refractivity contribution in [3.63, 3.8) is 0 Å². The minimum absolute atomic E-state index is 0.0108. The first-order chi connectivity index (χ1) is 7.04. The molecule has 3 saturated carbocycles. The van der Waals surface area contributed by atoms with Gasteiger partial charge in [-0.25, -0.2) is 0 Å². The van der Waals surface area contributed by atoms with E-state index in [0.717, 1.165) is 12.3 Å². The summed E-state index contributed by atoms with van der Waals surface area (Å²) in [6.45, 7) is 10.9. The Morgan fingerprint density at radius 1 is 1.20 bits per heavy atom. The molecule has 3 heteroatoms. The van der Waals surface area contributed by atoms with Crippen molar-refractivity contribution in [2.24, 2.45) is 17.3 Å². The van der Waals surface area contributed by atoms with Gasteiger partial charge in [-0.1, -0.05) is 27.7 Å². The van der Waals surface area contributed by atoms with Crippen molar-refractivity contribution in [2.75, 3.05) is 0 Å². The van der Waals surface area contributed by atoms with Gasteiger partial charge in [-0.2, -0.15) is 0 Å². The van der Waals surface area contributed by atoms with Gasteiger partial charge in [0.15, 0.2) is 0 Å². The van der Waals surface area contributed by atoms with E-state index in [0.29, 0.717) is 17.4 Å². The van der Waals surface area contributed by atoms with Crippen LogP contribution in [0.25, 0.3) is 0 Å². The molecule has 85 valence electrons. The van der Waals surface area contributed by atoms with E-state index >= 15 is 0 Å². The van der Waals surface area contributed by atoms with E-state index < -0.39 is 0 Å². The van der Waals surface area contributed by atoms with Crippen LogP contribution in [0.15, 0.2) is 0 Å². The van der Waals surface area contributed by atoms with E-state index in [2.05, 4.69) is 20.8 Å². The van der Waals surface area contributed by atoms with E-state index in [4.69, 9.17) is 9.31 Å². The van der Waals surface area contributed by atoms with Crippen molar-refractivity contribution >= 4 is 7.69 Å². The molecule has 0 amide bonds. The maximum absolute atomic E-state index is 5.60. The van der Waals surface area contributed by atoms with Gasteiger partial charge in [0.25, 0.3) is 0 Å². The van der Waals surface area contributed by atoms with Gasteiger partial charge in [-0.15, -0.1) is 0 Å². The molecule has 4 fully saturated rings. The van der Waals surface area contributed by atoms with Crippen LogP contribution in [-0.2, 0) is 9.31 Å². The Bertz CT molecular complexity index is 254. The van der Waals surface area contributed by atoms with E-state index in [1.165, 1.54) is 6.42 Å². The van der Waals surface area contributed by atoms with Gasteiger partial charge in [0.1, 0.15) is 0 Å². The summed E-state index contributed by atoms with van der Waals surface area (Å²) >= 11 is 0. The third-order valence-corrected chi connectivity index (χ3v) is 4.68. The van der Waals surface area contributed by atoms with Crippen LogP contribution >= 0.6 is 0 Å². The summed E-state index contributed by atoms with van der Waals surface area (Å²) < 4.78 is 11.2. The Balaban J connectivity index is 0.000000404. The van der Waals surface area contributed by atoms with E-state index in [9.17, 15) is 0 Å². The van der Waals surface area contributed by atoms with Crippen LogP contribution in [-0.4, -0.2) is 19.4 Å². The molecule has 0 N–H and O–H groups in total. The molecule has 0 spiro atoms. The maximum Gasteiger partial charge on any atom is 0.488 e. The number of hydrogen-bond donors (Lipinski definition) is 0. The Morgan fingerprint density at radius 3 is 2.47 bits per heavy atom. The zero-order chi connectivity index (χ0) is 11.3. The normalized spacial score (nSPS) is 49.3. The van der Waals surface area contributed by atoms with Crippen LogP contribution < -0.4 is 0 Å². The van der Waals surface area contributed by atoms with Crippen molar-refractivity contribution < 1.29 is 9.31 Å². The van der Waals surface area contributed by atoms with E-state index in [1.807, 2.05) is 13.8 Å². The molecule has 1 heterocycles. The van der Waals surface area contributed by atoms with Gasteiger partial charge in [0.05, 0.1) is 11.7 Å². The topological polar surface area (TPSA) is 18.5 Å². The van der Waals surface area contributed by atoms with Gasteiger partial charge in [0.2, 0.25) is 0 Å². The minimum Gasteiger partial charge on any atom is -0.407 e. The van der Waals surface area contributed by atoms with Crippen LogP contribution in [0.5, 0.6) is 0 Å². The molecule has 0 aromatic heterocycles. The first kappa shape index (κ1) is 11.5. The molecule has 3 aliphatic carbocycles. The molecule has 4 rings (SSSR count). The maximum atomic E-state index is 5.60. The third kappa shape index (κ3) is 1.39. The van der Waals surface area contributed by atoms with Crippen LogP contribution in [0.4, 0.5) is 0 Å². The largest absolute Gasteiger partial charge is 0.488 e. The predicted octanol–water partition coefficient (Wildman–Crippen LogP) is 2.79. The molecule has 0 aromatic carbocycles. The van der Waals surface area contributed by atoms with Crippen LogP contribution in [0.2, 0.25) is 0 Å². The number of hydrogen-bond acceptors (Lipinski definition) is 2. The molecule has 15 heavy (non-hydrogen) atoms. The fourth-order valence-electron chi connectivity index (χ4n) is 3.50. The zero-order valence-electron chi connectivity index (χ0n) is 10.5. The van der Waals surface area contributed by atoms with Crippen molar-refractivity contribution in [2.45, 2.75) is 59.2 Å². The second kappa shape index (κ2) is 3.49. The quantitative estimate of drug-likeness (QED) is 0.571. The summed E-state index contributed by atoms with van der Waals surface area (Å²) in [6.07, 6.45) is 2.81. The van der Waals surface area contributed by atoms with E-state index in [-0.39, 0.29) is 5.60 Å². The van der Waals surface area contributed by atoms with Gasteiger partial charge in [-0.05, 0) is 37.0 Å². The second-order valence-corrected chi connectivity index (χ2v) is 5.65. The van der Waals surface area contributed by atoms with Gasteiger partial charge < -0.3 is 9.31 Å². The molecule has 4 atom stereocenters. The molecule has 1 aliphatic heterocycles. The lowest BCUT2D eigenvalue weighted by Gasteiger charge is -2.63. The highest BCUT2D eigenvalue weighted by molar-refractivity contribution is 6.19. The standard InChI is InChI=1S/C10H16BO2.C2H6/c1-9(2)6-4-7(9)8-10(3,5-6)13-11-12-8;1-2/h6-8H,4-5H2,1-3H3;1-2H3/t6?,7?,8-,10+;/m1./s1. The van der Waals surface area contributed by atoms with E-state index in [1.54, 1.807) is 7.69 Å². The lowest BCUT2D eigenvalue weighted by molar-refractivity contribution is -0.185. The third-order valence-electron chi connectivity index (χ3n) is 4.68. The molecule has 1 radical (unpaired) electrons. The lowest BCUT2D eigenvalue weighted by atomic mass is 9.45. The molecule has 2 nitrogen and oxygen atoms in total. The first-order valence-electron chi connectivity index (χ1n) is 6.19. The zero-order valence-corrected chi connectivity index (χ0v) is 10.5.